The number of aryl methyl sites for hydroxylation is 3. The molecule has 0 spiro atoms. The van der Waals surface area contributed by atoms with Gasteiger partial charge in [0.15, 0.2) is 0 Å². The standard InChI is InChI=1S/C23H30N2O4/c1-8-25(5)14-24-20-12-16(3)18(11-17(20)4)23(26)29-13-19-21(27-6)9-15(2)10-22(19)28-7/h9-12,14H,8,13H2,1-7H3/b24-14+. The first-order chi connectivity index (χ1) is 13.8. The van der Waals surface area contributed by atoms with Gasteiger partial charge in [-0.25, -0.2) is 9.79 Å². The van der Waals surface area contributed by atoms with Crippen LogP contribution in [0.2, 0.25) is 0 Å². The van der Waals surface area contributed by atoms with Crippen molar-refractivity contribution in [1.29, 1.82) is 0 Å². The molecule has 0 radical (unpaired) electrons. The van der Waals surface area contributed by atoms with Crippen molar-refractivity contribution in [3.63, 3.8) is 0 Å². The van der Waals surface area contributed by atoms with E-state index in [9.17, 15) is 4.79 Å². The number of carbonyl (C=O) groups is 1. The van der Waals surface area contributed by atoms with E-state index in [4.69, 9.17) is 14.2 Å². The van der Waals surface area contributed by atoms with E-state index in [1.807, 2.05) is 57.0 Å². The number of ether oxygens (including phenoxy) is 3. The van der Waals surface area contributed by atoms with Gasteiger partial charge in [0.05, 0.1) is 37.4 Å². The van der Waals surface area contributed by atoms with E-state index in [2.05, 4.69) is 11.9 Å². The van der Waals surface area contributed by atoms with Crippen LogP contribution in [0.5, 0.6) is 11.5 Å². The van der Waals surface area contributed by atoms with Crippen molar-refractivity contribution < 1.29 is 19.0 Å². The second-order valence-corrected chi connectivity index (χ2v) is 7.00. The lowest BCUT2D eigenvalue weighted by Crippen LogP contribution is -2.14. The first-order valence-electron chi connectivity index (χ1n) is 9.55. The Balaban J connectivity index is 2.22. The van der Waals surface area contributed by atoms with Crippen LogP contribution < -0.4 is 9.47 Å². The topological polar surface area (TPSA) is 60.4 Å². The van der Waals surface area contributed by atoms with Crippen LogP contribution in [0.25, 0.3) is 0 Å². The van der Waals surface area contributed by atoms with Crippen LogP contribution >= 0.6 is 0 Å². The predicted molar refractivity (Wildman–Crippen MR) is 116 cm³/mol. The molecule has 0 aromatic heterocycles. The summed E-state index contributed by atoms with van der Waals surface area (Å²) in [4.78, 5) is 19.2. The van der Waals surface area contributed by atoms with Crippen molar-refractivity contribution in [3.05, 3.63) is 52.1 Å². The van der Waals surface area contributed by atoms with E-state index in [-0.39, 0.29) is 6.61 Å². The molecule has 29 heavy (non-hydrogen) atoms. The molecule has 0 N–H and O–H groups in total. The fourth-order valence-corrected chi connectivity index (χ4v) is 2.88. The van der Waals surface area contributed by atoms with Gasteiger partial charge in [-0.15, -0.1) is 0 Å². The Hall–Kier alpha value is -3.02. The Labute approximate surface area is 173 Å². The van der Waals surface area contributed by atoms with E-state index in [1.54, 1.807) is 20.6 Å². The van der Waals surface area contributed by atoms with Crippen molar-refractivity contribution in [2.75, 3.05) is 27.8 Å². The van der Waals surface area contributed by atoms with E-state index in [0.29, 0.717) is 22.6 Å². The second-order valence-electron chi connectivity index (χ2n) is 7.00. The van der Waals surface area contributed by atoms with Gasteiger partial charge >= 0.3 is 5.97 Å². The molecular formula is C23H30N2O4. The van der Waals surface area contributed by atoms with Crippen molar-refractivity contribution in [3.8, 4) is 11.5 Å². The third-order valence-corrected chi connectivity index (χ3v) is 4.76. The summed E-state index contributed by atoms with van der Waals surface area (Å²) in [6.45, 7) is 8.76. The lowest BCUT2D eigenvalue weighted by molar-refractivity contribution is 0.0466. The Morgan fingerprint density at radius 2 is 1.66 bits per heavy atom. The quantitative estimate of drug-likeness (QED) is 0.370. The highest BCUT2D eigenvalue weighted by Crippen LogP contribution is 2.31. The Kier molecular flexibility index (Phi) is 7.65. The van der Waals surface area contributed by atoms with Crippen LogP contribution in [0.15, 0.2) is 29.3 Å². The van der Waals surface area contributed by atoms with Crippen LogP contribution in [0.1, 0.15) is 39.5 Å². The van der Waals surface area contributed by atoms with Crippen molar-refractivity contribution in [1.82, 2.24) is 4.90 Å². The lowest BCUT2D eigenvalue weighted by atomic mass is 10.0. The maximum Gasteiger partial charge on any atom is 0.338 e. The SMILES string of the molecule is CCN(C)/C=N/c1cc(C)c(C(=O)OCc2c(OC)cc(C)cc2OC)cc1C. The number of hydrogen-bond acceptors (Lipinski definition) is 5. The zero-order valence-electron chi connectivity index (χ0n) is 18.3. The van der Waals surface area contributed by atoms with Crippen LogP contribution in [-0.4, -0.2) is 45.0 Å². The number of esters is 1. The third kappa shape index (κ3) is 5.50. The number of hydrogen-bond donors (Lipinski definition) is 0. The first-order valence-corrected chi connectivity index (χ1v) is 9.55. The number of benzene rings is 2. The molecule has 0 aliphatic carbocycles. The fraction of sp³-hybridized carbons (Fsp3) is 0.391. The minimum Gasteiger partial charge on any atom is -0.496 e. The lowest BCUT2D eigenvalue weighted by Gasteiger charge is -2.15. The number of nitrogens with zero attached hydrogens (tertiary/aromatic N) is 2. The molecule has 6 heteroatoms. The van der Waals surface area contributed by atoms with Crippen LogP contribution in [-0.2, 0) is 11.3 Å². The van der Waals surface area contributed by atoms with Gasteiger partial charge in [-0.05, 0) is 68.7 Å². The highest BCUT2D eigenvalue weighted by molar-refractivity contribution is 5.92. The van der Waals surface area contributed by atoms with E-state index < -0.39 is 5.97 Å². The Morgan fingerprint density at radius 1 is 1.03 bits per heavy atom. The molecule has 0 aliphatic rings. The van der Waals surface area contributed by atoms with Crippen LogP contribution in [0.4, 0.5) is 5.69 Å². The Bertz CT molecular complexity index is 881. The summed E-state index contributed by atoms with van der Waals surface area (Å²) in [7, 11) is 5.13. The molecule has 2 rings (SSSR count). The molecule has 156 valence electrons. The number of rotatable bonds is 8. The summed E-state index contributed by atoms with van der Waals surface area (Å²) < 4.78 is 16.4. The van der Waals surface area contributed by atoms with Gasteiger partial charge in [0, 0.05) is 13.6 Å². The zero-order chi connectivity index (χ0) is 21.6. The van der Waals surface area contributed by atoms with Crippen LogP contribution in [0, 0.1) is 20.8 Å². The van der Waals surface area contributed by atoms with Gasteiger partial charge in [-0.2, -0.15) is 0 Å². The highest BCUT2D eigenvalue weighted by Gasteiger charge is 2.17. The fourth-order valence-electron chi connectivity index (χ4n) is 2.88. The number of carbonyl (C=O) groups excluding carboxylic acids is 1. The Morgan fingerprint density at radius 3 is 2.21 bits per heavy atom. The maximum absolute atomic E-state index is 12.7. The summed E-state index contributed by atoms with van der Waals surface area (Å²) in [6.07, 6.45) is 1.79. The highest BCUT2D eigenvalue weighted by atomic mass is 16.5. The molecule has 0 saturated heterocycles. The van der Waals surface area contributed by atoms with E-state index in [1.165, 1.54) is 0 Å². The average Bonchev–Trinajstić information content (AvgIpc) is 2.71. The number of aliphatic imine (C=N–C) groups is 1. The molecule has 0 amide bonds. The summed E-state index contributed by atoms with van der Waals surface area (Å²) >= 11 is 0. The molecule has 2 aromatic rings. The molecule has 0 fully saturated rings. The summed E-state index contributed by atoms with van der Waals surface area (Å²) in [5, 5.41) is 0. The van der Waals surface area contributed by atoms with Crippen molar-refractivity contribution >= 4 is 18.0 Å². The van der Waals surface area contributed by atoms with Gasteiger partial charge in [0.25, 0.3) is 0 Å². The largest absolute Gasteiger partial charge is 0.496 e. The van der Waals surface area contributed by atoms with Crippen molar-refractivity contribution in [2.45, 2.75) is 34.3 Å². The smallest absolute Gasteiger partial charge is 0.338 e. The maximum atomic E-state index is 12.7. The monoisotopic (exact) mass is 398 g/mol. The molecule has 6 nitrogen and oxygen atoms in total. The molecule has 0 atom stereocenters. The summed E-state index contributed by atoms with van der Waals surface area (Å²) in [5.74, 6) is 0.871. The van der Waals surface area contributed by atoms with Crippen LogP contribution in [0.3, 0.4) is 0 Å². The third-order valence-electron chi connectivity index (χ3n) is 4.76. The van der Waals surface area contributed by atoms with Gasteiger partial charge in [0.1, 0.15) is 18.1 Å². The van der Waals surface area contributed by atoms with Crippen molar-refractivity contribution in [2.24, 2.45) is 4.99 Å². The van der Waals surface area contributed by atoms with Gasteiger partial charge in [-0.1, -0.05) is 0 Å². The molecule has 0 bridgehead atoms. The van der Waals surface area contributed by atoms with E-state index >= 15 is 0 Å². The zero-order valence-corrected chi connectivity index (χ0v) is 18.3. The number of methoxy groups -OCH3 is 2. The summed E-state index contributed by atoms with van der Waals surface area (Å²) in [6, 6.07) is 7.50. The second kappa shape index (κ2) is 9.96. The molecule has 0 heterocycles. The van der Waals surface area contributed by atoms with Gasteiger partial charge in [0.2, 0.25) is 0 Å². The first kappa shape index (κ1) is 22.3. The predicted octanol–water partition coefficient (Wildman–Crippen LogP) is 4.60. The molecule has 0 aliphatic heterocycles. The summed E-state index contributed by atoms with van der Waals surface area (Å²) in [5.41, 5.74) is 4.79. The molecular weight excluding hydrogens is 368 g/mol. The minimum absolute atomic E-state index is 0.0607. The van der Waals surface area contributed by atoms with Gasteiger partial charge < -0.3 is 19.1 Å². The molecule has 0 unspecified atom stereocenters. The molecule has 0 saturated carbocycles. The van der Waals surface area contributed by atoms with Gasteiger partial charge in [-0.3, -0.25) is 0 Å². The average molecular weight is 399 g/mol. The molecule has 2 aromatic carbocycles. The minimum atomic E-state index is -0.392. The normalized spacial score (nSPS) is 10.9. The van der Waals surface area contributed by atoms with E-state index in [0.717, 1.165) is 28.9 Å².